The van der Waals surface area contributed by atoms with Crippen LogP contribution in [0.15, 0.2) is 12.2 Å². The molecule has 0 heterocycles. The molecule has 4 N–H and O–H groups in total. The summed E-state index contributed by atoms with van der Waals surface area (Å²) in [4.78, 5) is 24.4. The van der Waals surface area contributed by atoms with E-state index in [9.17, 15) is 9.59 Å². The van der Waals surface area contributed by atoms with Crippen LogP contribution in [0, 0.1) is 0 Å². The second-order valence-electron chi connectivity index (χ2n) is 2.32. The van der Waals surface area contributed by atoms with Crippen molar-refractivity contribution in [3.05, 3.63) is 12.2 Å². The van der Waals surface area contributed by atoms with Crippen LogP contribution in [0.25, 0.3) is 0 Å². The number of aliphatic carboxylic acids is 1. The molecule has 0 aliphatic carbocycles. The summed E-state index contributed by atoms with van der Waals surface area (Å²) in [5.74, 6) is -1.59. The summed E-state index contributed by atoms with van der Waals surface area (Å²) in [5.41, 5.74) is 5.13. The molecule has 0 rings (SSSR count). The zero-order valence-corrected chi connectivity index (χ0v) is 6.84. The van der Waals surface area contributed by atoms with Gasteiger partial charge in [-0.1, -0.05) is 6.08 Å². The lowest BCUT2D eigenvalue weighted by atomic mass is 10.2. The zero-order valence-electron chi connectivity index (χ0n) is 6.84. The lowest BCUT2D eigenvalue weighted by Gasteiger charge is -1.99. The first-order chi connectivity index (χ1) is 6.07. The molecular weight excluding hydrogens is 178 g/mol. The Morgan fingerprint density at radius 1 is 1.54 bits per heavy atom. The lowest BCUT2D eigenvalue weighted by Crippen LogP contribution is -2.29. The third-order valence-corrected chi connectivity index (χ3v) is 1.22. The van der Waals surface area contributed by atoms with Gasteiger partial charge in [-0.05, 0) is 12.5 Å². The molecule has 0 bridgehead atoms. The molecule has 0 spiro atoms. The van der Waals surface area contributed by atoms with Gasteiger partial charge >= 0.3 is 5.97 Å². The summed E-state index contributed by atoms with van der Waals surface area (Å²) in [6.07, 6.45) is 2.49. The fraction of sp³-hybridized carbons (Fsp3) is 0.429. The second-order valence-corrected chi connectivity index (χ2v) is 2.32. The Morgan fingerprint density at radius 2 is 2.15 bits per heavy atom. The maximum absolute atomic E-state index is 10.6. The van der Waals surface area contributed by atoms with Crippen LogP contribution in [0.5, 0.6) is 0 Å². The van der Waals surface area contributed by atoms with Crippen molar-refractivity contribution in [1.82, 2.24) is 0 Å². The van der Waals surface area contributed by atoms with Crippen molar-refractivity contribution >= 4 is 11.8 Å². The van der Waals surface area contributed by atoms with Crippen molar-refractivity contribution < 1.29 is 24.8 Å². The number of ketones is 1. The molecule has 6 nitrogen and oxygen atoms in total. The summed E-state index contributed by atoms with van der Waals surface area (Å²) < 4.78 is 0. The zero-order chi connectivity index (χ0) is 10.3. The predicted octanol–water partition coefficient (Wildman–Crippen LogP) is -0.597. The van der Waals surface area contributed by atoms with E-state index in [1.807, 2.05) is 0 Å². The number of hydrogen-bond donors (Lipinski definition) is 3. The Morgan fingerprint density at radius 3 is 2.62 bits per heavy atom. The Balaban J connectivity index is 3.74. The monoisotopic (exact) mass is 189 g/mol. The number of carboxylic acids is 1. The first-order valence-electron chi connectivity index (χ1n) is 3.52. The SMILES string of the molecule is NC(CC=CC(=O)COO)C(=O)O. The van der Waals surface area contributed by atoms with E-state index in [4.69, 9.17) is 16.1 Å². The van der Waals surface area contributed by atoms with Gasteiger partial charge in [-0.25, -0.2) is 4.89 Å². The average Bonchev–Trinajstić information content (AvgIpc) is 2.04. The number of nitrogens with two attached hydrogens (primary N) is 1. The Hall–Kier alpha value is -1.24. The average molecular weight is 189 g/mol. The molecule has 0 aromatic heterocycles. The van der Waals surface area contributed by atoms with E-state index in [0.29, 0.717) is 0 Å². The van der Waals surface area contributed by atoms with E-state index in [1.54, 1.807) is 0 Å². The highest BCUT2D eigenvalue weighted by atomic mass is 17.1. The number of rotatable bonds is 6. The molecule has 0 amide bonds. The van der Waals surface area contributed by atoms with E-state index in [1.165, 1.54) is 6.08 Å². The lowest BCUT2D eigenvalue weighted by molar-refractivity contribution is -0.236. The summed E-state index contributed by atoms with van der Waals surface area (Å²) in [5, 5.41) is 16.2. The summed E-state index contributed by atoms with van der Waals surface area (Å²) >= 11 is 0. The van der Waals surface area contributed by atoms with Gasteiger partial charge in [0.2, 0.25) is 0 Å². The van der Waals surface area contributed by atoms with Crippen LogP contribution in [-0.4, -0.2) is 34.8 Å². The number of carbonyl (C=O) groups excluding carboxylic acids is 1. The van der Waals surface area contributed by atoms with Crippen LogP contribution in [0.4, 0.5) is 0 Å². The van der Waals surface area contributed by atoms with Gasteiger partial charge < -0.3 is 10.8 Å². The molecule has 74 valence electrons. The minimum absolute atomic E-state index is 0.0620. The number of carbonyl (C=O) groups is 2. The molecule has 0 aromatic carbocycles. The largest absolute Gasteiger partial charge is 0.480 e. The number of carboxylic acid groups (broad SMARTS) is 1. The van der Waals surface area contributed by atoms with Crippen molar-refractivity contribution in [2.75, 3.05) is 6.61 Å². The molecule has 0 aliphatic heterocycles. The third-order valence-electron chi connectivity index (χ3n) is 1.22. The Labute approximate surface area is 74.5 Å². The highest BCUT2D eigenvalue weighted by molar-refractivity contribution is 5.90. The van der Waals surface area contributed by atoms with E-state index in [0.717, 1.165) is 6.08 Å². The minimum Gasteiger partial charge on any atom is -0.480 e. The maximum Gasteiger partial charge on any atom is 0.320 e. The van der Waals surface area contributed by atoms with Gasteiger partial charge in [-0.3, -0.25) is 14.8 Å². The molecule has 0 saturated carbocycles. The van der Waals surface area contributed by atoms with Crippen molar-refractivity contribution in [1.29, 1.82) is 0 Å². The normalized spacial score (nSPS) is 13.1. The van der Waals surface area contributed by atoms with Gasteiger partial charge in [0, 0.05) is 0 Å². The van der Waals surface area contributed by atoms with Gasteiger partial charge in [0.1, 0.15) is 12.6 Å². The molecule has 0 saturated heterocycles. The van der Waals surface area contributed by atoms with Crippen LogP contribution in [0.3, 0.4) is 0 Å². The van der Waals surface area contributed by atoms with Crippen LogP contribution < -0.4 is 5.73 Å². The first-order valence-corrected chi connectivity index (χ1v) is 3.52. The molecule has 6 heteroatoms. The molecule has 13 heavy (non-hydrogen) atoms. The van der Waals surface area contributed by atoms with Gasteiger partial charge in [0.15, 0.2) is 5.78 Å². The molecular formula is C7H11NO5. The van der Waals surface area contributed by atoms with E-state index >= 15 is 0 Å². The van der Waals surface area contributed by atoms with E-state index in [-0.39, 0.29) is 6.42 Å². The van der Waals surface area contributed by atoms with Gasteiger partial charge in [0.25, 0.3) is 0 Å². The highest BCUT2D eigenvalue weighted by Crippen LogP contribution is 1.90. The predicted molar refractivity (Wildman–Crippen MR) is 43.0 cm³/mol. The fourth-order valence-corrected chi connectivity index (χ4v) is 0.559. The van der Waals surface area contributed by atoms with Crippen LogP contribution in [0.1, 0.15) is 6.42 Å². The van der Waals surface area contributed by atoms with Crippen molar-refractivity contribution in [3.8, 4) is 0 Å². The molecule has 0 fully saturated rings. The highest BCUT2D eigenvalue weighted by Gasteiger charge is 2.08. The Kier molecular flexibility index (Phi) is 5.69. The first kappa shape index (κ1) is 11.8. The summed E-state index contributed by atoms with van der Waals surface area (Å²) in [6, 6.07) is -1.01. The quantitative estimate of drug-likeness (QED) is 0.292. The van der Waals surface area contributed by atoms with Crippen molar-refractivity contribution in [2.45, 2.75) is 12.5 Å². The van der Waals surface area contributed by atoms with Crippen molar-refractivity contribution in [3.63, 3.8) is 0 Å². The molecule has 1 unspecified atom stereocenters. The van der Waals surface area contributed by atoms with Crippen LogP contribution in [0.2, 0.25) is 0 Å². The molecule has 1 atom stereocenters. The van der Waals surface area contributed by atoms with Crippen LogP contribution >= 0.6 is 0 Å². The summed E-state index contributed by atoms with van der Waals surface area (Å²) in [7, 11) is 0. The topological polar surface area (TPSA) is 110 Å². The number of hydrogen-bond acceptors (Lipinski definition) is 5. The van der Waals surface area contributed by atoms with Crippen LogP contribution in [-0.2, 0) is 14.5 Å². The smallest absolute Gasteiger partial charge is 0.320 e. The van der Waals surface area contributed by atoms with Gasteiger partial charge in [0.05, 0.1) is 0 Å². The molecule has 0 aromatic rings. The van der Waals surface area contributed by atoms with Gasteiger partial charge in [-0.15, -0.1) is 0 Å². The van der Waals surface area contributed by atoms with E-state index < -0.39 is 24.4 Å². The maximum atomic E-state index is 10.6. The van der Waals surface area contributed by atoms with Crippen molar-refractivity contribution in [2.24, 2.45) is 5.73 Å². The standard InChI is InChI=1S/C7H11NO5/c8-6(7(10)11)3-1-2-5(9)4-13-12/h1-2,6,12H,3-4,8H2,(H,10,11). The third kappa shape index (κ3) is 5.97. The second kappa shape index (κ2) is 6.30. The Bertz CT molecular complexity index is 213. The fourth-order valence-electron chi connectivity index (χ4n) is 0.559. The molecule has 0 radical (unpaired) electrons. The minimum atomic E-state index is -1.13. The molecule has 0 aliphatic rings. The van der Waals surface area contributed by atoms with E-state index in [2.05, 4.69) is 4.89 Å². The van der Waals surface area contributed by atoms with Gasteiger partial charge in [-0.2, -0.15) is 0 Å². The summed E-state index contributed by atoms with van der Waals surface area (Å²) in [6.45, 7) is -0.446.